The van der Waals surface area contributed by atoms with Crippen LogP contribution in [0.3, 0.4) is 0 Å². The number of benzene rings is 2. The SMILES string of the molecule is Nc1cccc2c1CCN2C(=O)Cc1cccc(O)c1. The van der Waals surface area contributed by atoms with Gasteiger partial charge in [-0.25, -0.2) is 0 Å². The molecule has 0 unspecified atom stereocenters. The quantitative estimate of drug-likeness (QED) is 0.820. The van der Waals surface area contributed by atoms with Gasteiger partial charge < -0.3 is 15.7 Å². The Kier molecular flexibility index (Phi) is 3.06. The van der Waals surface area contributed by atoms with Crippen LogP contribution in [-0.2, 0) is 17.6 Å². The molecule has 0 aromatic heterocycles. The van der Waals surface area contributed by atoms with Gasteiger partial charge in [-0.1, -0.05) is 18.2 Å². The second-order valence-corrected chi connectivity index (χ2v) is 4.99. The van der Waals surface area contributed by atoms with Crippen LogP contribution in [0, 0.1) is 0 Å². The van der Waals surface area contributed by atoms with E-state index in [9.17, 15) is 9.90 Å². The summed E-state index contributed by atoms with van der Waals surface area (Å²) in [5.41, 5.74) is 9.46. The Morgan fingerprint density at radius 1 is 1.25 bits per heavy atom. The summed E-state index contributed by atoms with van der Waals surface area (Å²) in [7, 11) is 0. The van der Waals surface area contributed by atoms with Crippen molar-refractivity contribution >= 4 is 17.3 Å². The van der Waals surface area contributed by atoms with E-state index in [2.05, 4.69) is 0 Å². The Labute approximate surface area is 117 Å². The lowest BCUT2D eigenvalue weighted by Crippen LogP contribution is -2.30. The van der Waals surface area contributed by atoms with E-state index in [1.54, 1.807) is 23.1 Å². The Morgan fingerprint density at radius 2 is 2.05 bits per heavy atom. The number of hydrogen-bond donors (Lipinski definition) is 2. The summed E-state index contributed by atoms with van der Waals surface area (Å²) in [4.78, 5) is 14.2. The average Bonchev–Trinajstić information content (AvgIpc) is 2.84. The molecule has 0 atom stereocenters. The number of carbonyl (C=O) groups excluding carboxylic acids is 1. The van der Waals surface area contributed by atoms with Crippen LogP contribution in [0.5, 0.6) is 5.75 Å². The first-order valence-electron chi connectivity index (χ1n) is 6.61. The molecule has 2 aromatic rings. The summed E-state index contributed by atoms with van der Waals surface area (Å²) in [6.07, 6.45) is 1.08. The molecule has 0 fully saturated rings. The maximum Gasteiger partial charge on any atom is 0.231 e. The van der Waals surface area contributed by atoms with E-state index in [0.717, 1.165) is 28.9 Å². The average molecular weight is 268 g/mol. The van der Waals surface area contributed by atoms with Gasteiger partial charge in [0.2, 0.25) is 5.91 Å². The standard InChI is InChI=1S/C16H16N2O2/c17-14-5-2-6-15-13(14)7-8-18(15)16(20)10-11-3-1-4-12(19)9-11/h1-6,9,19H,7-8,10,17H2. The summed E-state index contributed by atoms with van der Waals surface area (Å²) in [6.45, 7) is 0.668. The van der Waals surface area contributed by atoms with E-state index in [1.165, 1.54) is 0 Å². The summed E-state index contributed by atoms with van der Waals surface area (Å²) >= 11 is 0. The van der Waals surface area contributed by atoms with Gasteiger partial charge in [0, 0.05) is 23.5 Å². The molecule has 1 aliphatic rings. The molecule has 3 N–H and O–H groups in total. The number of hydrogen-bond acceptors (Lipinski definition) is 3. The topological polar surface area (TPSA) is 66.6 Å². The van der Waals surface area contributed by atoms with E-state index < -0.39 is 0 Å². The van der Waals surface area contributed by atoms with Gasteiger partial charge in [-0.15, -0.1) is 0 Å². The number of nitrogen functional groups attached to an aromatic ring is 1. The number of phenolic OH excluding ortho intramolecular Hbond substituents is 1. The third kappa shape index (κ3) is 2.20. The van der Waals surface area contributed by atoms with Crippen LogP contribution in [0.2, 0.25) is 0 Å². The molecule has 0 saturated carbocycles. The van der Waals surface area contributed by atoms with E-state index >= 15 is 0 Å². The summed E-state index contributed by atoms with van der Waals surface area (Å²) in [5, 5.41) is 9.44. The molecule has 0 bridgehead atoms. The first kappa shape index (κ1) is 12.5. The number of fused-ring (bicyclic) bond motifs is 1. The van der Waals surface area contributed by atoms with Crippen molar-refractivity contribution in [1.29, 1.82) is 0 Å². The zero-order chi connectivity index (χ0) is 14.1. The smallest absolute Gasteiger partial charge is 0.231 e. The van der Waals surface area contributed by atoms with Gasteiger partial charge in [0.15, 0.2) is 0 Å². The van der Waals surface area contributed by atoms with E-state index in [0.29, 0.717) is 6.54 Å². The normalized spacial score (nSPS) is 13.3. The predicted octanol–water partition coefficient (Wildman–Crippen LogP) is 2.11. The molecule has 0 spiro atoms. The number of nitrogens with two attached hydrogens (primary N) is 1. The third-order valence-corrected chi connectivity index (χ3v) is 3.63. The lowest BCUT2D eigenvalue weighted by Gasteiger charge is -2.17. The number of anilines is 2. The monoisotopic (exact) mass is 268 g/mol. The maximum absolute atomic E-state index is 12.4. The number of rotatable bonds is 2. The molecule has 4 heteroatoms. The van der Waals surface area contributed by atoms with Crippen LogP contribution in [0.1, 0.15) is 11.1 Å². The molecule has 1 aliphatic heterocycles. The molecule has 0 aliphatic carbocycles. The molecule has 2 aromatic carbocycles. The van der Waals surface area contributed by atoms with Crippen LogP contribution in [0.4, 0.5) is 11.4 Å². The zero-order valence-corrected chi connectivity index (χ0v) is 11.0. The first-order chi connectivity index (χ1) is 9.65. The highest BCUT2D eigenvalue weighted by Gasteiger charge is 2.25. The maximum atomic E-state index is 12.4. The fourth-order valence-corrected chi connectivity index (χ4v) is 2.66. The number of aromatic hydroxyl groups is 1. The van der Waals surface area contributed by atoms with Crippen LogP contribution < -0.4 is 10.6 Å². The van der Waals surface area contributed by atoms with Crippen molar-refractivity contribution in [2.24, 2.45) is 0 Å². The summed E-state index contributed by atoms with van der Waals surface area (Å²) < 4.78 is 0. The van der Waals surface area contributed by atoms with Crippen LogP contribution in [0.25, 0.3) is 0 Å². The molecule has 3 rings (SSSR count). The number of nitrogens with zero attached hydrogens (tertiary/aromatic N) is 1. The second-order valence-electron chi connectivity index (χ2n) is 4.99. The van der Waals surface area contributed by atoms with Crippen molar-refractivity contribution in [3.05, 3.63) is 53.6 Å². The van der Waals surface area contributed by atoms with Gasteiger partial charge in [-0.05, 0) is 36.2 Å². The van der Waals surface area contributed by atoms with Gasteiger partial charge >= 0.3 is 0 Å². The summed E-state index contributed by atoms with van der Waals surface area (Å²) in [5.74, 6) is 0.210. The first-order valence-corrected chi connectivity index (χ1v) is 6.61. The highest BCUT2D eigenvalue weighted by atomic mass is 16.3. The number of phenols is 1. The number of amides is 1. The molecule has 0 radical (unpaired) electrons. The fourth-order valence-electron chi connectivity index (χ4n) is 2.66. The van der Waals surface area contributed by atoms with Gasteiger partial charge in [0.05, 0.1) is 6.42 Å². The minimum atomic E-state index is 0.0277. The molecule has 20 heavy (non-hydrogen) atoms. The van der Waals surface area contributed by atoms with Crippen molar-refractivity contribution < 1.29 is 9.90 Å². The van der Waals surface area contributed by atoms with Crippen molar-refractivity contribution in [3.63, 3.8) is 0 Å². The minimum absolute atomic E-state index is 0.0277. The highest BCUT2D eigenvalue weighted by Crippen LogP contribution is 2.32. The van der Waals surface area contributed by atoms with Crippen molar-refractivity contribution in [3.8, 4) is 5.75 Å². The predicted molar refractivity (Wildman–Crippen MR) is 78.7 cm³/mol. The number of carbonyl (C=O) groups is 1. The Hall–Kier alpha value is -2.49. The zero-order valence-electron chi connectivity index (χ0n) is 11.0. The van der Waals surface area contributed by atoms with Gasteiger partial charge in [-0.2, -0.15) is 0 Å². The van der Waals surface area contributed by atoms with Gasteiger partial charge in [0.1, 0.15) is 5.75 Å². The van der Waals surface area contributed by atoms with Crippen LogP contribution in [-0.4, -0.2) is 17.6 Å². The van der Waals surface area contributed by atoms with E-state index in [-0.39, 0.29) is 18.1 Å². The van der Waals surface area contributed by atoms with E-state index in [4.69, 9.17) is 5.73 Å². The molecule has 4 nitrogen and oxygen atoms in total. The van der Waals surface area contributed by atoms with Crippen molar-refractivity contribution in [1.82, 2.24) is 0 Å². The third-order valence-electron chi connectivity index (χ3n) is 3.63. The lowest BCUT2D eigenvalue weighted by atomic mass is 10.1. The highest BCUT2D eigenvalue weighted by molar-refractivity contribution is 5.97. The fraction of sp³-hybridized carbons (Fsp3) is 0.188. The van der Waals surface area contributed by atoms with Gasteiger partial charge in [0.25, 0.3) is 0 Å². The Bertz CT molecular complexity index is 667. The second kappa shape index (κ2) is 4.89. The van der Waals surface area contributed by atoms with Crippen LogP contribution >= 0.6 is 0 Å². The minimum Gasteiger partial charge on any atom is -0.508 e. The van der Waals surface area contributed by atoms with Crippen molar-refractivity contribution in [2.45, 2.75) is 12.8 Å². The van der Waals surface area contributed by atoms with Crippen molar-refractivity contribution in [2.75, 3.05) is 17.2 Å². The lowest BCUT2D eigenvalue weighted by molar-refractivity contribution is -0.117. The molecular weight excluding hydrogens is 252 g/mol. The largest absolute Gasteiger partial charge is 0.508 e. The molecule has 1 heterocycles. The van der Waals surface area contributed by atoms with E-state index in [1.807, 2.05) is 24.3 Å². The Balaban J connectivity index is 1.82. The van der Waals surface area contributed by atoms with Crippen LogP contribution in [0.15, 0.2) is 42.5 Å². The molecular formula is C16H16N2O2. The molecule has 0 saturated heterocycles. The van der Waals surface area contributed by atoms with Gasteiger partial charge in [-0.3, -0.25) is 4.79 Å². The molecule has 1 amide bonds. The summed E-state index contributed by atoms with van der Waals surface area (Å²) in [6, 6.07) is 12.5. The molecule has 102 valence electrons. The Morgan fingerprint density at radius 3 is 2.85 bits per heavy atom.